The van der Waals surface area contributed by atoms with Crippen molar-refractivity contribution in [3.8, 4) is 11.4 Å². The van der Waals surface area contributed by atoms with Gasteiger partial charge in [0, 0.05) is 29.8 Å². The van der Waals surface area contributed by atoms with Crippen molar-refractivity contribution in [2.75, 3.05) is 26.3 Å². The predicted molar refractivity (Wildman–Crippen MR) is 114 cm³/mol. The van der Waals surface area contributed by atoms with E-state index < -0.39 is 41.7 Å². The second kappa shape index (κ2) is 10.2. The molecule has 0 radical (unpaired) electrons. The molecule has 2 aromatic carbocycles. The van der Waals surface area contributed by atoms with Crippen molar-refractivity contribution in [1.29, 1.82) is 0 Å². The number of benzene rings is 2. The molecule has 196 valence electrons. The van der Waals surface area contributed by atoms with E-state index in [1.807, 2.05) is 0 Å². The summed E-state index contributed by atoms with van der Waals surface area (Å²) < 4.78 is 86.6. The van der Waals surface area contributed by atoms with Crippen molar-refractivity contribution in [3.05, 3.63) is 71.1 Å². The van der Waals surface area contributed by atoms with E-state index in [4.69, 9.17) is 4.74 Å². The first-order chi connectivity index (χ1) is 17.4. The van der Waals surface area contributed by atoms with Gasteiger partial charge >= 0.3 is 18.2 Å². The molecule has 4 rings (SSSR count). The van der Waals surface area contributed by atoms with Crippen LogP contribution in [0.1, 0.15) is 32.2 Å². The summed E-state index contributed by atoms with van der Waals surface area (Å²) in [7, 11) is 0. The number of aromatic nitrogens is 2. The van der Waals surface area contributed by atoms with Gasteiger partial charge in [0.25, 0.3) is 11.8 Å². The minimum absolute atomic E-state index is 0.0505. The summed E-state index contributed by atoms with van der Waals surface area (Å²) in [6, 6.07) is 8.80. The van der Waals surface area contributed by atoms with Crippen LogP contribution in [0.3, 0.4) is 0 Å². The van der Waals surface area contributed by atoms with Crippen LogP contribution in [0.25, 0.3) is 11.4 Å². The number of carbonyl (C=O) groups excluding carboxylic acids is 2. The summed E-state index contributed by atoms with van der Waals surface area (Å²) in [5, 5.41) is 5.91. The van der Waals surface area contributed by atoms with E-state index in [2.05, 4.69) is 20.0 Å². The zero-order valence-corrected chi connectivity index (χ0v) is 18.8. The molecule has 1 saturated heterocycles. The van der Waals surface area contributed by atoms with Gasteiger partial charge in [0.15, 0.2) is 0 Å². The zero-order valence-electron chi connectivity index (χ0n) is 18.8. The topological polar surface area (TPSA) is 97.6 Å². The Hall–Kier alpha value is -3.94. The molecule has 3 aromatic rings. The van der Waals surface area contributed by atoms with Gasteiger partial charge in [-0.25, -0.2) is 0 Å². The lowest BCUT2D eigenvalue weighted by molar-refractivity contribution is -0.159. The van der Waals surface area contributed by atoms with Crippen molar-refractivity contribution < 1.29 is 45.2 Å². The number of nitrogens with zero attached hydrogens (tertiary/aromatic N) is 3. The van der Waals surface area contributed by atoms with Crippen LogP contribution < -0.4 is 5.32 Å². The zero-order chi connectivity index (χ0) is 26.8. The minimum atomic E-state index is -4.79. The molecule has 8 nitrogen and oxygen atoms in total. The standard InChI is InChI=1S/C23H18F6N4O4/c24-22(25,26)16-3-1-2-15(10-16)20(35)33-8-9-36-12-17(33)11-30-19(34)14-6-4-13(5-7-14)18-31-21(37-32-18)23(27,28)29/h1-7,10,17H,8-9,11-12H2,(H,30,34). The summed E-state index contributed by atoms with van der Waals surface area (Å²) in [4.78, 5) is 30.2. The Morgan fingerprint density at radius 2 is 1.73 bits per heavy atom. The Kier molecular flexibility index (Phi) is 7.21. The molecule has 37 heavy (non-hydrogen) atoms. The second-order valence-electron chi connectivity index (χ2n) is 8.01. The predicted octanol–water partition coefficient (Wildman–Crippen LogP) is 4.05. The third-order valence-electron chi connectivity index (χ3n) is 5.50. The molecule has 0 bridgehead atoms. The third kappa shape index (κ3) is 6.07. The normalized spacial score (nSPS) is 16.5. The van der Waals surface area contributed by atoms with Gasteiger partial charge in [0.05, 0.1) is 24.8 Å². The number of ether oxygens (including phenoxy) is 1. The lowest BCUT2D eigenvalue weighted by Crippen LogP contribution is -2.53. The highest BCUT2D eigenvalue weighted by atomic mass is 19.4. The van der Waals surface area contributed by atoms with Crippen molar-refractivity contribution >= 4 is 11.8 Å². The molecule has 1 aromatic heterocycles. The highest BCUT2D eigenvalue weighted by Crippen LogP contribution is 2.31. The van der Waals surface area contributed by atoms with Crippen LogP contribution >= 0.6 is 0 Å². The van der Waals surface area contributed by atoms with Crippen LogP contribution in [0.5, 0.6) is 0 Å². The first-order valence-corrected chi connectivity index (χ1v) is 10.8. The summed E-state index contributed by atoms with van der Waals surface area (Å²) in [5.41, 5.74) is -0.737. The highest BCUT2D eigenvalue weighted by Gasteiger charge is 2.38. The molecule has 1 fully saturated rings. The number of carbonyl (C=O) groups is 2. The number of morpholine rings is 1. The Balaban J connectivity index is 1.40. The number of nitrogens with one attached hydrogen (secondary N) is 1. The fourth-order valence-corrected chi connectivity index (χ4v) is 3.62. The maximum atomic E-state index is 13.0. The number of rotatable bonds is 5. The average molecular weight is 528 g/mol. The van der Waals surface area contributed by atoms with Crippen LogP contribution in [-0.2, 0) is 17.1 Å². The Bertz CT molecular complexity index is 1270. The van der Waals surface area contributed by atoms with Crippen LogP contribution in [-0.4, -0.2) is 59.2 Å². The van der Waals surface area contributed by atoms with E-state index in [1.54, 1.807) is 0 Å². The van der Waals surface area contributed by atoms with Gasteiger partial charge in [-0.15, -0.1) is 0 Å². The van der Waals surface area contributed by atoms with E-state index in [0.717, 1.165) is 18.2 Å². The molecule has 1 atom stereocenters. The van der Waals surface area contributed by atoms with Crippen molar-refractivity contribution in [2.24, 2.45) is 0 Å². The Labute approximate surface area is 205 Å². The minimum Gasteiger partial charge on any atom is -0.377 e. The third-order valence-corrected chi connectivity index (χ3v) is 5.50. The average Bonchev–Trinajstić information content (AvgIpc) is 3.38. The molecule has 0 saturated carbocycles. The molecule has 2 heterocycles. The first kappa shape index (κ1) is 26.1. The smallest absolute Gasteiger partial charge is 0.377 e. The monoisotopic (exact) mass is 528 g/mol. The number of halogens is 6. The van der Waals surface area contributed by atoms with Gasteiger partial charge in [-0.3, -0.25) is 9.59 Å². The first-order valence-electron chi connectivity index (χ1n) is 10.8. The number of amides is 2. The Morgan fingerprint density at radius 3 is 2.38 bits per heavy atom. The van der Waals surface area contributed by atoms with Crippen LogP contribution in [0, 0.1) is 0 Å². The van der Waals surface area contributed by atoms with Gasteiger partial charge in [-0.1, -0.05) is 23.4 Å². The largest absolute Gasteiger partial charge is 0.471 e. The molecular formula is C23H18F6N4O4. The lowest BCUT2D eigenvalue weighted by Gasteiger charge is -2.35. The van der Waals surface area contributed by atoms with Gasteiger partial charge in [0.2, 0.25) is 5.82 Å². The molecule has 1 aliphatic heterocycles. The maximum Gasteiger partial charge on any atom is 0.471 e. The molecular weight excluding hydrogens is 510 g/mol. The quantitative estimate of drug-likeness (QED) is 0.502. The summed E-state index contributed by atoms with van der Waals surface area (Å²) >= 11 is 0. The molecule has 0 aliphatic carbocycles. The fraction of sp³-hybridized carbons (Fsp3) is 0.304. The van der Waals surface area contributed by atoms with E-state index in [-0.39, 0.29) is 48.8 Å². The SMILES string of the molecule is O=C(NCC1COCCN1C(=O)c1cccc(C(F)(F)F)c1)c1ccc(-c2noc(C(F)(F)F)n2)cc1. The van der Waals surface area contributed by atoms with E-state index >= 15 is 0 Å². The fourth-order valence-electron chi connectivity index (χ4n) is 3.62. The highest BCUT2D eigenvalue weighted by molar-refractivity contribution is 5.96. The van der Waals surface area contributed by atoms with Crippen molar-refractivity contribution in [2.45, 2.75) is 18.4 Å². The Morgan fingerprint density at radius 1 is 1.00 bits per heavy atom. The van der Waals surface area contributed by atoms with Crippen LogP contribution in [0.2, 0.25) is 0 Å². The van der Waals surface area contributed by atoms with Crippen LogP contribution in [0.15, 0.2) is 53.1 Å². The second-order valence-corrected chi connectivity index (χ2v) is 8.01. The summed E-state index contributed by atoms with van der Waals surface area (Å²) in [6.07, 6.45) is -9.39. The molecule has 2 amide bonds. The van der Waals surface area contributed by atoms with Gasteiger partial charge in [-0.05, 0) is 30.3 Å². The molecule has 1 N–H and O–H groups in total. The van der Waals surface area contributed by atoms with Gasteiger partial charge in [0.1, 0.15) is 0 Å². The summed E-state index contributed by atoms with van der Waals surface area (Å²) in [5.74, 6) is -2.98. The van der Waals surface area contributed by atoms with E-state index in [9.17, 15) is 35.9 Å². The lowest BCUT2D eigenvalue weighted by atomic mass is 10.1. The van der Waals surface area contributed by atoms with Gasteiger partial charge < -0.3 is 19.5 Å². The van der Waals surface area contributed by atoms with E-state index in [1.165, 1.54) is 35.2 Å². The molecule has 14 heteroatoms. The van der Waals surface area contributed by atoms with Crippen molar-refractivity contribution in [3.63, 3.8) is 0 Å². The molecule has 0 spiro atoms. The van der Waals surface area contributed by atoms with Crippen LogP contribution in [0.4, 0.5) is 26.3 Å². The molecule has 1 unspecified atom stereocenters. The van der Waals surface area contributed by atoms with Gasteiger partial charge in [-0.2, -0.15) is 31.3 Å². The maximum absolute atomic E-state index is 13.0. The number of hydrogen-bond donors (Lipinski definition) is 1. The van der Waals surface area contributed by atoms with E-state index in [0.29, 0.717) is 0 Å². The summed E-state index contributed by atoms with van der Waals surface area (Å²) in [6.45, 7) is 0.312. The molecule has 1 aliphatic rings. The van der Waals surface area contributed by atoms with Crippen molar-refractivity contribution in [1.82, 2.24) is 20.4 Å². The number of hydrogen-bond acceptors (Lipinski definition) is 6. The number of alkyl halides is 6.